The van der Waals surface area contributed by atoms with Crippen molar-refractivity contribution in [1.82, 2.24) is 0 Å². The van der Waals surface area contributed by atoms with Crippen LogP contribution in [0.4, 0.5) is 0 Å². The van der Waals surface area contributed by atoms with E-state index >= 15 is 0 Å². The standard InChI is InChI=1S/C34H36O8/c1-4-19-40-30-16-12-25(21-32(30)38-2)10-14-28(35)23-29(36)15-11-26-13-17-31(33(22-26)39-3)41-20-18-34(37)42-24-27-8-6-5-7-9-27/h5-17,21-22H,4,18-20,23-24H2,1-3H3/b14-10+,15-11+. The van der Waals surface area contributed by atoms with E-state index in [9.17, 15) is 14.4 Å². The Morgan fingerprint density at radius 2 is 1.24 bits per heavy atom. The summed E-state index contributed by atoms with van der Waals surface area (Å²) >= 11 is 0. The van der Waals surface area contributed by atoms with Crippen molar-refractivity contribution in [2.45, 2.75) is 32.8 Å². The first-order valence-corrected chi connectivity index (χ1v) is 13.6. The summed E-state index contributed by atoms with van der Waals surface area (Å²) in [5.74, 6) is 1.10. The molecule has 0 amide bonds. The maximum absolute atomic E-state index is 12.4. The van der Waals surface area contributed by atoms with E-state index in [0.29, 0.717) is 35.2 Å². The van der Waals surface area contributed by atoms with Gasteiger partial charge >= 0.3 is 5.97 Å². The minimum Gasteiger partial charge on any atom is -0.493 e. The quantitative estimate of drug-likeness (QED) is 0.106. The van der Waals surface area contributed by atoms with Crippen LogP contribution >= 0.6 is 0 Å². The number of benzene rings is 3. The van der Waals surface area contributed by atoms with Crippen LogP contribution in [0.25, 0.3) is 12.2 Å². The number of methoxy groups -OCH3 is 2. The zero-order chi connectivity index (χ0) is 30.2. The molecule has 3 aromatic rings. The van der Waals surface area contributed by atoms with E-state index in [1.165, 1.54) is 19.3 Å². The molecule has 3 rings (SSSR count). The molecule has 8 nitrogen and oxygen atoms in total. The third-order valence-corrected chi connectivity index (χ3v) is 5.92. The molecule has 0 aliphatic rings. The average Bonchev–Trinajstić information content (AvgIpc) is 3.01. The molecule has 0 heterocycles. The van der Waals surface area contributed by atoms with Crippen LogP contribution in [0.15, 0.2) is 78.9 Å². The predicted octanol–water partition coefficient (Wildman–Crippen LogP) is 6.26. The van der Waals surface area contributed by atoms with E-state index in [2.05, 4.69) is 0 Å². The molecule has 0 spiro atoms. The summed E-state index contributed by atoms with van der Waals surface area (Å²) < 4.78 is 27.4. The summed E-state index contributed by atoms with van der Waals surface area (Å²) in [6.45, 7) is 2.93. The number of rotatable bonds is 17. The summed E-state index contributed by atoms with van der Waals surface area (Å²) in [6.07, 6.45) is 6.67. The molecule has 0 fully saturated rings. The van der Waals surface area contributed by atoms with Gasteiger partial charge in [-0.2, -0.15) is 0 Å². The second-order valence-electron chi connectivity index (χ2n) is 9.19. The fraction of sp³-hybridized carbons (Fsp3) is 0.265. The normalized spacial score (nSPS) is 10.9. The molecule has 0 radical (unpaired) electrons. The summed E-state index contributed by atoms with van der Waals surface area (Å²) in [5.41, 5.74) is 2.36. The molecule has 0 saturated heterocycles. The summed E-state index contributed by atoms with van der Waals surface area (Å²) in [6, 6.07) is 20.0. The third kappa shape index (κ3) is 10.6. The predicted molar refractivity (Wildman–Crippen MR) is 161 cm³/mol. The molecule has 0 atom stereocenters. The van der Waals surface area contributed by atoms with Crippen LogP contribution < -0.4 is 18.9 Å². The van der Waals surface area contributed by atoms with Crippen molar-refractivity contribution < 1.29 is 38.1 Å². The Hall–Kier alpha value is -4.85. The van der Waals surface area contributed by atoms with Crippen LogP contribution in [0.3, 0.4) is 0 Å². The fourth-order valence-corrected chi connectivity index (χ4v) is 3.75. The van der Waals surface area contributed by atoms with Crippen molar-refractivity contribution in [3.63, 3.8) is 0 Å². The third-order valence-electron chi connectivity index (χ3n) is 5.92. The average molecular weight is 573 g/mol. The molecule has 0 aromatic heterocycles. The van der Waals surface area contributed by atoms with E-state index in [-0.39, 0.29) is 43.6 Å². The van der Waals surface area contributed by atoms with Crippen LogP contribution in [0.1, 0.15) is 42.9 Å². The van der Waals surface area contributed by atoms with E-state index in [4.69, 9.17) is 23.7 Å². The lowest BCUT2D eigenvalue weighted by Crippen LogP contribution is -2.10. The second kappa shape index (κ2) is 17.1. The topological polar surface area (TPSA) is 97.4 Å². The van der Waals surface area contributed by atoms with E-state index in [1.54, 1.807) is 49.6 Å². The van der Waals surface area contributed by atoms with Gasteiger partial charge in [-0.05, 0) is 59.5 Å². The van der Waals surface area contributed by atoms with Gasteiger partial charge in [0.2, 0.25) is 0 Å². The zero-order valence-electron chi connectivity index (χ0n) is 24.2. The smallest absolute Gasteiger partial charge is 0.309 e. The maximum Gasteiger partial charge on any atom is 0.309 e. The largest absolute Gasteiger partial charge is 0.493 e. The van der Waals surface area contributed by atoms with Gasteiger partial charge in [-0.25, -0.2) is 0 Å². The lowest BCUT2D eigenvalue weighted by molar-refractivity contribution is -0.145. The molecule has 3 aromatic carbocycles. The van der Waals surface area contributed by atoms with Crippen LogP contribution in [-0.2, 0) is 25.7 Å². The molecule has 0 saturated carbocycles. The Labute approximate surface area is 246 Å². The molecule has 0 N–H and O–H groups in total. The summed E-state index contributed by atoms with van der Waals surface area (Å²) in [5, 5.41) is 0. The first-order chi connectivity index (χ1) is 20.4. The van der Waals surface area contributed by atoms with E-state index in [0.717, 1.165) is 17.5 Å². The molecule has 8 heteroatoms. The highest BCUT2D eigenvalue weighted by atomic mass is 16.5. The van der Waals surface area contributed by atoms with Crippen LogP contribution in [0.2, 0.25) is 0 Å². The van der Waals surface area contributed by atoms with Gasteiger partial charge in [0.15, 0.2) is 34.6 Å². The Kier molecular flexibility index (Phi) is 12.9. The molecular formula is C34H36O8. The van der Waals surface area contributed by atoms with Crippen molar-refractivity contribution >= 4 is 29.7 Å². The van der Waals surface area contributed by atoms with Crippen LogP contribution in [0, 0.1) is 0 Å². The Bertz CT molecular complexity index is 1390. The van der Waals surface area contributed by atoms with Gasteiger partial charge in [0, 0.05) is 0 Å². The summed E-state index contributed by atoms with van der Waals surface area (Å²) in [7, 11) is 3.06. The molecule has 0 aliphatic carbocycles. The molecule has 0 aliphatic heterocycles. The lowest BCUT2D eigenvalue weighted by Gasteiger charge is -2.11. The Balaban J connectivity index is 1.47. The van der Waals surface area contributed by atoms with Gasteiger partial charge in [0.1, 0.15) is 6.61 Å². The molecule has 42 heavy (non-hydrogen) atoms. The monoisotopic (exact) mass is 572 g/mol. The number of carbonyl (C=O) groups is 3. The van der Waals surface area contributed by atoms with Gasteiger partial charge in [0.05, 0.1) is 40.3 Å². The van der Waals surface area contributed by atoms with Gasteiger partial charge in [-0.1, -0.05) is 61.5 Å². The highest BCUT2D eigenvalue weighted by Gasteiger charge is 2.10. The number of hydrogen-bond acceptors (Lipinski definition) is 8. The SMILES string of the molecule is CCCOc1ccc(/C=C/C(=O)CC(=O)/C=C/c2ccc(OCCC(=O)OCc3ccccc3)c(OC)c2)cc1OC. The Morgan fingerprint density at radius 3 is 1.76 bits per heavy atom. The minimum atomic E-state index is -0.366. The van der Waals surface area contributed by atoms with E-state index < -0.39 is 0 Å². The maximum atomic E-state index is 12.4. The molecule has 0 unspecified atom stereocenters. The van der Waals surface area contributed by atoms with E-state index in [1.807, 2.05) is 43.3 Å². The number of hydrogen-bond donors (Lipinski definition) is 0. The fourth-order valence-electron chi connectivity index (χ4n) is 3.75. The Morgan fingerprint density at radius 1 is 0.690 bits per heavy atom. The van der Waals surface area contributed by atoms with Crippen molar-refractivity contribution in [3.8, 4) is 23.0 Å². The van der Waals surface area contributed by atoms with Gasteiger partial charge in [-0.15, -0.1) is 0 Å². The first kappa shape index (κ1) is 31.7. The number of ether oxygens (including phenoxy) is 5. The number of esters is 1. The first-order valence-electron chi connectivity index (χ1n) is 13.6. The van der Waals surface area contributed by atoms with Gasteiger partial charge in [0.25, 0.3) is 0 Å². The van der Waals surface area contributed by atoms with Crippen LogP contribution in [-0.4, -0.2) is 45.0 Å². The highest BCUT2D eigenvalue weighted by Crippen LogP contribution is 2.30. The van der Waals surface area contributed by atoms with Crippen molar-refractivity contribution in [3.05, 3.63) is 95.6 Å². The van der Waals surface area contributed by atoms with Crippen molar-refractivity contribution in [2.75, 3.05) is 27.4 Å². The molecular weight excluding hydrogens is 536 g/mol. The van der Waals surface area contributed by atoms with Crippen LogP contribution in [0.5, 0.6) is 23.0 Å². The molecule has 0 bridgehead atoms. The minimum absolute atomic E-state index is 0.0842. The molecule has 220 valence electrons. The van der Waals surface area contributed by atoms with Gasteiger partial charge < -0.3 is 23.7 Å². The highest BCUT2D eigenvalue weighted by molar-refractivity contribution is 6.10. The lowest BCUT2D eigenvalue weighted by atomic mass is 10.1. The number of carbonyl (C=O) groups excluding carboxylic acids is 3. The number of ketones is 2. The second-order valence-corrected chi connectivity index (χ2v) is 9.19. The van der Waals surface area contributed by atoms with Crippen molar-refractivity contribution in [2.24, 2.45) is 0 Å². The number of allylic oxidation sites excluding steroid dienone is 2. The summed E-state index contributed by atoms with van der Waals surface area (Å²) in [4.78, 5) is 36.7. The van der Waals surface area contributed by atoms with Crippen molar-refractivity contribution in [1.29, 1.82) is 0 Å². The van der Waals surface area contributed by atoms with Gasteiger partial charge in [-0.3, -0.25) is 14.4 Å². The zero-order valence-corrected chi connectivity index (χ0v) is 24.2.